The first-order chi connectivity index (χ1) is 9.22. The maximum absolute atomic E-state index is 8.77. The smallest absolute Gasteiger partial charge is 0.128 e. The third-order valence-electron chi connectivity index (χ3n) is 2.91. The molecule has 0 atom stereocenters. The monoisotopic (exact) mass is 252 g/mol. The zero-order chi connectivity index (χ0) is 13.7. The highest BCUT2D eigenvalue weighted by atomic mass is 15.2. The van der Waals surface area contributed by atoms with Gasteiger partial charge in [-0.1, -0.05) is 12.1 Å². The van der Waals surface area contributed by atoms with Gasteiger partial charge in [-0.05, 0) is 36.8 Å². The van der Waals surface area contributed by atoms with Crippen molar-refractivity contribution in [1.29, 1.82) is 5.26 Å². The molecule has 0 aliphatic rings. The molecule has 19 heavy (non-hydrogen) atoms. The Morgan fingerprint density at radius 3 is 2.74 bits per heavy atom. The number of nitriles is 1. The summed E-state index contributed by atoms with van der Waals surface area (Å²) in [7, 11) is 0. The van der Waals surface area contributed by atoms with Gasteiger partial charge in [-0.25, -0.2) is 4.98 Å². The lowest BCUT2D eigenvalue weighted by Crippen LogP contribution is -2.23. The average molecular weight is 252 g/mol. The number of hydrogen-bond acceptors (Lipinski definition) is 4. The molecule has 4 heteroatoms. The van der Waals surface area contributed by atoms with Crippen LogP contribution in [0.3, 0.4) is 0 Å². The molecule has 0 radical (unpaired) electrons. The third-order valence-corrected chi connectivity index (χ3v) is 2.91. The number of anilines is 2. The van der Waals surface area contributed by atoms with Crippen LogP contribution in [0.25, 0.3) is 0 Å². The predicted molar refractivity (Wildman–Crippen MR) is 76.5 cm³/mol. The van der Waals surface area contributed by atoms with E-state index in [4.69, 9.17) is 11.0 Å². The van der Waals surface area contributed by atoms with Gasteiger partial charge in [0.1, 0.15) is 11.9 Å². The molecule has 0 fully saturated rings. The Labute approximate surface area is 113 Å². The molecule has 1 heterocycles. The van der Waals surface area contributed by atoms with Gasteiger partial charge in [0.05, 0.1) is 5.56 Å². The van der Waals surface area contributed by atoms with E-state index in [9.17, 15) is 0 Å². The van der Waals surface area contributed by atoms with Gasteiger partial charge in [0.15, 0.2) is 0 Å². The van der Waals surface area contributed by atoms with Crippen molar-refractivity contribution in [2.45, 2.75) is 13.5 Å². The van der Waals surface area contributed by atoms with Crippen LogP contribution in [0.4, 0.5) is 11.5 Å². The Bertz CT molecular complexity index is 584. The summed E-state index contributed by atoms with van der Waals surface area (Å²) < 4.78 is 0. The normalized spacial score (nSPS) is 9.89. The molecular formula is C15H16N4. The summed E-state index contributed by atoms with van der Waals surface area (Å²) in [6.07, 6.45) is 1.59. The van der Waals surface area contributed by atoms with Gasteiger partial charge in [0.2, 0.25) is 0 Å². The molecule has 0 aliphatic heterocycles. The summed E-state index contributed by atoms with van der Waals surface area (Å²) in [6.45, 7) is 3.67. The van der Waals surface area contributed by atoms with E-state index in [1.807, 2.05) is 30.3 Å². The number of hydrogen-bond donors (Lipinski definition) is 1. The van der Waals surface area contributed by atoms with Gasteiger partial charge in [0, 0.05) is 25.0 Å². The number of rotatable bonds is 4. The molecule has 96 valence electrons. The fourth-order valence-electron chi connectivity index (χ4n) is 1.91. The minimum Gasteiger partial charge on any atom is -0.399 e. The lowest BCUT2D eigenvalue weighted by atomic mass is 10.2. The second-order valence-corrected chi connectivity index (χ2v) is 4.28. The van der Waals surface area contributed by atoms with Crippen LogP contribution in [0.15, 0.2) is 42.6 Å². The minimum absolute atomic E-state index is 0.573. The van der Waals surface area contributed by atoms with Crippen molar-refractivity contribution in [2.75, 3.05) is 17.2 Å². The molecule has 1 aromatic carbocycles. The van der Waals surface area contributed by atoms with Crippen LogP contribution >= 0.6 is 0 Å². The predicted octanol–water partition coefficient (Wildman–Crippen LogP) is 2.56. The highest BCUT2D eigenvalue weighted by molar-refractivity contribution is 5.45. The molecule has 0 saturated heterocycles. The Kier molecular flexibility index (Phi) is 3.99. The zero-order valence-electron chi connectivity index (χ0n) is 10.9. The van der Waals surface area contributed by atoms with Crippen molar-refractivity contribution < 1.29 is 0 Å². The van der Waals surface area contributed by atoms with Crippen LogP contribution in [-0.4, -0.2) is 11.5 Å². The molecule has 4 nitrogen and oxygen atoms in total. The summed E-state index contributed by atoms with van der Waals surface area (Å²) in [5, 5.41) is 8.77. The maximum atomic E-state index is 8.77. The number of nitrogens with two attached hydrogens (primary N) is 1. The van der Waals surface area contributed by atoms with Crippen molar-refractivity contribution in [3.63, 3.8) is 0 Å². The van der Waals surface area contributed by atoms with Gasteiger partial charge in [-0.3, -0.25) is 0 Å². The number of aromatic nitrogens is 1. The van der Waals surface area contributed by atoms with Gasteiger partial charge >= 0.3 is 0 Å². The molecule has 2 rings (SSSR count). The minimum atomic E-state index is 0.573. The van der Waals surface area contributed by atoms with Crippen LogP contribution in [0.5, 0.6) is 0 Å². The third kappa shape index (κ3) is 3.23. The molecule has 0 aliphatic carbocycles. The fourth-order valence-corrected chi connectivity index (χ4v) is 1.91. The lowest BCUT2D eigenvalue weighted by molar-refractivity contribution is 0.814. The average Bonchev–Trinajstić information content (AvgIpc) is 2.45. The summed E-state index contributed by atoms with van der Waals surface area (Å²) >= 11 is 0. The van der Waals surface area contributed by atoms with E-state index in [0.717, 1.165) is 30.2 Å². The maximum Gasteiger partial charge on any atom is 0.128 e. The SMILES string of the molecule is CCN(Cc1cccc(N)c1)c1ccc(C#N)cn1. The quantitative estimate of drug-likeness (QED) is 0.849. The second kappa shape index (κ2) is 5.87. The first kappa shape index (κ1) is 12.9. The fraction of sp³-hybridized carbons (Fsp3) is 0.200. The van der Waals surface area contributed by atoms with Crippen LogP contribution in [0.2, 0.25) is 0 Å². The number of benzene rings is 1. The molecule has 2 aromatic rings. The summed E-state index contributed by atoms with van der Waals surface area (Å²) in [5.74, 6) is 0.865. The van der Waals surface area contributed by atoms with Crippen LogP contribution < -0.4 is 10.6 Å². The Hall–Kier alpha value is -2.54. The van der Waals surface area contributed by atoms with Gasteiger partial charge in [-0.15, -0.1) is 0 Å². The van der Waals surface area contributed by atoms with Crippen molar-refractivity contribution in [3.8, 4) is 6.07 Å². The summed E-state index contributed by atoms with van der Waals surface area (Å²) in [5.41, 5.74) is 8.27. The van der Waals surface area contributed by atoms with Crippen LogP contribution in [-0.2, 0) is 6.54 Å². The first-order valence-electron chi connectivity index (χ1n) is 6.18. The standard InChI is InChI=1S/C15H16N4/c1-2-19(11-12-4-3-5-14(17)8-12)15-7-6-13(9-16)10-18-15/h3-8,10H,2,11,17H2,1H3. The lowest BCUT2D eigenvalue weighted by Gasteiger charge is -2.22. The second-order valence-electron chi connectivity index (χ2n) is 4.28. The highest BCUT2D eigenvalue weighted by Gasteiger charge is 2.07. The Morgan fingerprint density at radius 2 is 2.16 bits per heavy atom. The van der Waals surface area contributed by atoms with Crippen LogP contribution in [0, 0.1) is 11.3 Å². The molecule has 0 saturated carbocycles. The Morgan fingerprint density at radius 1 is 1.32 bits per heavy atom. The molecule has 1 aromatic heterocycles. The molecule has 0 amide bonds. The zero-order valence-corrected chi connectivity index (χ0v) is 10.9. The van der Waals surface area contributed by atoms with E-state index >= 15 is 0 Å². The highest BCUT2D eigenvalue weighted by Crippen LogP contribution is 2.16. The Balaban J connectivity index is 2.18. The number of pyridine rings is 1. The van der Waals surface area contributed by atoms with E-state index in [1.54, 1.807) is 12.3 Å². The summed E-state index contributed by atoms with van der Waals surface area (Å²) in [4.78, 5) is 6.45. The van der Waals surface area contributed by atoms with E-state index in [0.29, 0.717) is 5.56 Å². The van der Waals surface area contributed by atoms with E-state index in [2.05, 4.69) is 22.9 Å². The topological polar surface area (TPSA) is 65.9 Å². The van der Waals surface area contributed by atoms with Gasteiger partial charge < -0.3 is 10.6 Å². The van der Waals surface area contributed by atoms with Crippen molar-refractivity contribution >= 4 is 11.5 Å². The van der Waals surface area contributed by atoms with Crippen molar-refractivity contribution in [3.05, 3.63) is 53.7 Å². The molecule has 0 spiro atoms. The first-order valence-corrected chi connectivity index (χ1v) is 6.18. The molecule has 2 N–H and O–H groups in total. The van der Waals surface area contributed by atoms with Crippen molar-refractivity contribution in [2.24, 2.45) is 0 Å². The van der Waals surface area contributed by atoms with E-state index in [1.165, 1.54) is 0 Å². The summed E-state index contributed by atoms with van der Waals surface area (Å²) in [6, 6.07) is 13.6. The molecule has 0 bridgehead atoms. The van der Waals surface area contributed by atoms with Gasteiger partial charge in [0.25, 0.3) is 0 Å². The molecular weight excluding hydrogens is 236 g/mol. The molecule has 0 unspecified atom stereocenters. The van der Waals surface area contributed by atoms with E-state index < -0.39 is 0 Å². The largest absolute Gasteiger partial charge is 0.399 e. The van der Waals surface area contributed by atoms with Crippen molar-refractivity contribution in [1.82, 2.24) is 4.98 Å². The van der Waals surface area contributed by atoms with Gasteiger partial charge in [-0.2, -0.15) is 5.26 Å². The van der Waals surface area contributed by atoms with E-state index in [-0.39, 0.29) is 0 Å². The number of nitrogen functional groups attached to an aromatic ring is 1. The number of nitrogens with zero attached hydrogens (tertiary/aromatic N) is 3. The van der Waals surface area contributed by atoms with Crippen LogP contribution in [0.1, 0.15) is 18.1 Å².